The Kier molecular flexibility index (Phi) is 5.91. The summed E-state index contributed by atoms with van der Waals surface area (Å²) >= 11 is 0. The number of benzene rings is 2. The number of ether oxygens (including phenoxy) is 1. The number of nitro benzene ring substituents is 1. The number of aryl methyl sites for hydroxylation is 1. The number of rotatable bonds is 6. The van der Waals surface area contributed by atoms with Crippen LogP contribution in [-0.4, -0.2) is 23.4 Å². The summed E-state index contributed by atoms with van der Waals surface area (Å²) in [4.78, 5) is 35.7. The molecule has 0 heterocycles. The van der Waals surface area contributed by atoms with E-state index in [1.165, 1.54) is 24.3 Å². The summed E-state index contributed by atoms with van der Waals surface area (Å²) in [6.07, 6.45) is 2.77. The number of anilines is 1. The first kappa shape index (κ1) is 20.4. The molecule has 0 bridgehead atoms. The van der Waals surface area contributed by atoms with E-state index in [9.17, 15) is 24.1 Å². The lowest BCUT2D eigenvalue weighted by Crippen LogP contribution is -2.36. The molecule has 1 amide bonds. The summed E-state index contributed by atoms with van der Waals surface area (Å²) in [5.41, 5.74) is 0.132. The number of carbonyl (C=O) groups is 2. The Hall–Kier alpha value is -3.29. The van der Waals surface area contributed by atoms with Crippen LogP contribution >= 0.6 is 0 Å². The fourth-order valence-electron chi connectivity index (χ4n) is 3.77. The van der Waals surface area contributed by atoms with Crippen molar-refractivity contribution in [2.75, 3.05) is 11.9 Å². The summed E-state index contributed by atoms with van der Waals surface area (Å²) in [5, 5.41) is 13.6. The van der Waals surface area contributed by atoms with Gasteiger partial charge in [0.2, 0.25) is 0 Å². The smallest absolute Gasteiger partial charge is 0.317 e. The molecule has 0 saturated heterocycles. The molecule has 0 unspecified atom stereocenters. The van der Waals surface area contributed by atoms with Crippen molar-refractivity contribution >= 4 is 23.3 Å². The minimum absolute atomic E-state index is 0.0765. The minimum atomic E-state index is -0.900. The van der Waals surface area contributed by atoms with Gasteiger partial charge in [-0.2, -0.15) is 0 Å². The highest BCUT2D eigenvalue weighted by molar-refractivity contribution is 5.96. The number of carbonyl (C=O) groups excluding carboxylic acids is 2. The van der Waals surface area contributed by atoms with Gasteiger partial charge in [0.25, 0.3) is 11.6 Å². The molecular weight excluding hydrogens is 379 g/mol. The summed E-state index contributed by atoms with van der Waals surface area (Å²) in [6.45, 7) is 1.07. The second kappa shape index (κ2) is 8.38. The van der Waals surface area contributed by atoms with Crippen LogP contribution in [0.4, 0.5) is 15.8 Å². The van der Waals surface area contributed by atoms with Crippen LogP contribution in [0.25, 0.3) is 0 Å². The van der Waals surface area contributed by atoms with Crippen molar-refractivity contribution in [3.05, 3.63) is 69.5 Å². The van der Waals surface area contributed by atoms with Crippen LogP contribution in [-0.2, 0) is 19.7 Å². The fourth-order valence-corrected chi connectivity index (χ4v) is 3.77. The average molecular weight is 400 g/mol. The van der Waals surface area contributed by atoms with Crippen molar-refractivity contribution in [1.82, 2.24) is 0 Å². The van der Waals surface area contributed by atoms with E-state index in [1.54, 1.807) is 25.1 Å². The quantitative estimate of drug-likeness (QED) is 0.448. The molecule has 1 aliphatic rings. The second-order valence-corrected chi connectivity index (χ2v) is 7.15. The van der Waals surface area contributed by atoms with E-state index < -0.39 is 34.6 Å². The van der Waals surface area contributed by atoms with E-state index in [-0.39, 0.29) is 11.4 Å². The van der Waals surface area contributed by atoms with E-state index in [2.05, 4.69) is 5.32 Å². The minimum Gasteiger partial charge on any atom is -0.455 e. The van der Waals surface area contributed by atoms with Gasteiger partial charge in [-0.05, 0) is 43.0 Å². The molecule has 29 heavy (non-hydrogen) atoms. The number of amides is 1. The molecule has 0 aliphatic heterocycles. The van der Waals surface area contributed by atoms with Crippen LogP contribution in [0.15, 0.2) is 42.5 Å². The maximum Gasteiger partial charge on any atom is 0.317 e. The molecule has 0 aromatic heterocycles. The maximum absolute atomic E-state index is 13.3. The Bertz CT molecular complexity index is 937. The molecule has 152 valence electrons. The molecule has 3 rings (SSSR count). The van der Waals surface area contributed by atoms with Gasteiger partial charge in [-0.15, -0.1) is 0 Å². The van der Waals surface area contributed by atoms with Crippen molar-refractivity contribution in [2.45, 2.75) is 38.0 Å². The van der Waals surface area contributed by atoms with Crippen LogP contribution < -0.4 is 5.32 Å². The molecular formula is C21H21FN2O5. The van der Waals surface area contributed by atoms with Gasteiger partial charge in [0.1, 0.15) is 11.5 Å². The molecule has 8 heteroatoms. The standard InChI is InChI=1S/C21H21FN2O5/c1-14-5-4-6-17(24(27)28)19(14)23-18(25)13-29-20(26)21(11-2-3-12-21)15-7-9-16(22)10-8-15/h4-10H,2-3,11-13H2,1H3,(H,23,25). The molecule has 1 fully saturated rings. The highest BCUT2D eigenvalue weighted by Gasteiger charge is 2.44. The topological polar surface area (TPSA) is 98.5 Å². The number of hydrogen-bond acceptors (Lipinski definition) is 5. The third-order valence-corrected chi connectivity index (χ3v) is 5.29. The average Bonchev–Trinajstić information content (AvgIpc) is 3.19. The third kappa shape index (κ3) is 4.26. The molecule has 7 nitrogen and oxygen atoms in total. The maximum atomic E-state index is 13.3. The van der Waals surface area contributed by atoms with Gasteiger partial charge in [0.15, 0.2) is 6.61 Å². The Labute approximate surface area is 167 Å². The highest BCUT2D eigenvalue weighted by Crippen LogP contribution is 2.42. The molecule has 0 atom stereocenters. The van der Waals surface area contributed by atoms with Crippen LogP contribution in [0.5, 0.6) is 0 Å². The Morgan fingerprint density at radius 2 is 1.83 bits per heavy atom. The van der Waals surface area contributed by atoms with Crippen LogP contribution in [0.2, 0.25) is 0 Å². The van der Waals surface area contributed by atoms with Gasteiger partial charge in [-0.1, -0.05) is 37.1 Å². The van der Waals surface area contributed by atoms with E-state index in [0.717, 1.165) is 12.8 Å². The van der Waals surface area contributed by atoms with E-state index in [4.69, 9.17) is 4.74 Å². The number of nitro groups is 1. The molecule has 2 aromatic carbocycles. The number of para-hydroxylation sites is 1. The zero-order valence-corrected chi connectivity index (χ0v) is 15.9. The van der Waals surface area contributed by atoms with Crippen molar-refractivity contribution < 1.29 is 23.6 Å². The van der Waals surface area contributed by atoms with Gasteiger partial charge in [0, 0.05) is 6.07 Å². The molecule has 2 aromatic rings. The lowest BCUT2D eigenvalue weighted by molar-refractivity contribution is -0.384. The molecule has 1 N–H and O–H groups in total. The van der Waals surface area contributed by atoms with E-state index in [1.807, 2.05) is 0 Å². The van der Waals surface area contributed by atoms with Gasteiger partial charge in [-0.25, -0.2) is 4.39 Å². The first-order valence-electron chi connectivity index (χ1n) is 9.30. The fraction of sp³-hybridized carbons (Fsp3) is 0.333. The van der Waals surface area contributed by atoms with Gasteiger partial charge in [0.05, 0.1) is 10.3 Å². The van der Waals surface area contributed by atoms with Gasteiger partial charge < -0.3 is 10.1 Å². The van der Waals surface area contributed by atoms with Gasteiger partial charge in [-0.3, -0.25) is 19.7 Å². The third-order valence-electron chi connectivity index (χ3n) is 5.29. The molecule has 1 aliphatic carbocycles. The summed E-state index contributed by atoms with van der Waals surface area (Å²) in [7, 11) is 0. The predicted octanol–water partition coefficient (Wildman–Crippen LogP) is 4.04. The SMILES string of the molecule is Cc1cccc([N+](=O)[O-])c1NC(=O)COC(=O)C1(c2ccc(F)cc2)CCCC1. The Morgan fingerprint density at radius 3 is 2.45 bits per heavy atom. The van der Waals surface area contributed by atoms with Crippen LogP contribution in [0.1, 0.15) is 36.8 Å². The van der Waals surface area contributed by atoms with Crippen LogP contribution in [0.3, 0.4) is 0 Å². The number of nitrogens with one attached hydrogen (secondary N) is 1. The number of hydrogen-bond donors (Lipinski definition) is 1. The normalized spacial score (nSPS) is 15.0. The van der Waals surface area contributed by atoms with E-state index in [0.29, 0.717) is 24.0 Å². The lowest BCUT2D eigenvalue weighted by atomic mass is 9.79. The van der Waals surface area contributed by atoms with Crippen molar-refractivity contribution in [2.24, 2.45) is 0 Å². The van der Waals surface area contributed by atoms with Crippen molar-refractivity contribution in [1.29, 1.82) is 0 Å². The van der Waals surface area contributed by atoms with Gasteiger partial charge >= 0.3 is 5.97 Å². The molecule has 0 radical (unpaired) electrons. The lowest BCUT2D eigenvalue weighted by Gasteiger charge is -2.27. The number of halogens is 1. The predicted molar refractivity (Wildman–Crippen MR) is 104 cm³/mol. The zero-order valence-electron chi connectivity index (χ0n) is 15.9. The first-order chi connectivity index (χ1) is 13.8. The molecule has 0 spiro atoms. The second-order valence-electron chi connectivity index (χ2n) is 7.15. The van der Waals surface area contributed by atoms with Crippen molar-refractivity contribution in [3.63, 3.8) is 0 Å². The highest BCUT2D eigenvalue weighted by atomic mass is 19.1. The Balaban J connectivity index is 1.71. The largest absolute Gasteiger partial charge is 0.455 e. The summed E-state index contributed by atoms with van der Waals surface area (Å²) < 4.78 is 18.5. The summed E-state index contributed by atoms with van der Waals surface area (Å²) in [5.74, 6) is -1.60. The Morgan fingerprint density at radius 1 is 1.17 bits per heavy atom. The number of nitrogens with zero attached hydrogens (tertiary/aromatic N) is 1. The first-order valence-corrected chi connectivity index (χ1v) is 9.30. The van der Waals surface area contributed by atoms with Crippen molar-refractivity contribution in [3.8, 4) is 0 Å². The monoisotopic (exact) mass is 400 g/mol. The number of esters is 1. The molecule has 1 saturated carbocycles. The summed E-state index contributed by atoms with van der Waals surface area (Å²) in [6, 6.07) is 10.2. The zero-order chi connectivity index (χ0) is 21.0. The van der Waals surface area contributed by atoms with E-state index >= 15 is 0 Å². The van der Waals surface area contributed by atoms with Crippen LogP contribution in [0, 0.1) is 22.9 Å².